The second-order valence-electron chi connectivity index (χ2n) is 11.5. The third kappa shape index (κ3) is 8.81. The van der Waals surface area contributed by atoms with Gasteiger partial charge in [-0.3, -0.25) is 9.59 Å². The number of nitrogens with zero attached hydrogens (tertiary/aromatic N) is 4. The maximum atomic E-state index is 14.1. The number of morpholine rings is 1. The number of rotatable bonds is 10. The van der Waals surface area contributed by atoms with Crippen molar-refractivity contribution in [3.05, 3.63) is 17.6 Å². The number of piperidine rings is 1. The van der Waals surface area contributed by atoms with Crippen molar-refractivity contribution < 1.29 is 14.3 Å². The predicted molar refractivity (Wildman–Crippen MR) is 157 cm³/mol. The van der Waals surface area contributed by atoms with Crippen molar-refractivity contribution in [2.24, 2.45) is 11.8 Å². The maximum Gasteiger partial charge on any atom is 0.259 e. The Hall–Kier alpha value is -1.91. The van der Waals surface area contributed by atoms with Gasteiger partial charge in [-0.25, -0.2) is 9.97 Å². The van der Waals surface area contributed by atoms with Crippen molar-refractivity contribution in [1.82, 2.24) is 25.1 Å². The van der Waals surface area contributed by atoms with E-state index < -0.39 is 0 Å². The van der Waals surface area contributed by atoms with Crippen molar-refractivity contribution in [1.29, 1.82) is 0 Å². The summed E-state index contributed by atoms with van der Waals surface area (Å²) in [6.45, 7) is 15.6. The van der Waals surface area contributed by atoms with Crippen LogP contribution < -0.4 is 10.6 Å². The number of amides is 2. The first kappa shape index (κ1) is 32.3. The fourth-order valence-corrected chi connectivity index (χ4v) is 5.22. The topological polar surface area (TPSA) is 99.7 Å². The van der Waals surface area contributed by atoms with Crippen LogP contribution in [0, 0.1) is 11.8 Å². The van der Waals surface area contributed by atoms with Gasteiger partial charge in [0.25, 0.3) is 5.91 Å². The molecule has 2 aliphatic rings. The molecular weight excluding hydrogens is 500 g/mol. The summed E-state index contributed by atoms with van der Waals surface area (Å²) in [5.41, 5.74) is 0.273. The highest BCUT2D eigenvalue weighted by Gasteiger charge is 2.36. The fraction of sp³-hybridized carbons (Fsp3) is 0.786. The van der Waals surface area contributed by atoms with Crippen LogP contribution in [0.4, 0.5) is 5.82 Å². The summed E-state index contributed by atoms with van der Waals surface area (Å²) in [4.78, 5) is 40.6. The second kappa shape index (κ2) is 15.0. The van der Waals surface area contributed by atoms with E-state index in [2.05, 4.69) is 56.5 Å². The molecule has 2 fully saturated rings. The lowest BCUT2D eigenvalue weighted by Crippen LogP contribution is -2.56. The summed E-state index contributed by atoms with van der Waals surface area (Å²) >= 11 is 1.81. The van der Waals surface area contributed by atoms with Crippen molar-refractivity contribution >= 4 is 29.4 Å². The van der Waals surface area contributed by atoms with Crippen molar-refractivity contribution in [3.8, 4) is 0 Å². The van der Waals surface area contributed by atoms with E-state index in [0.717, 1.165) is 18.7 Å². The number of hydrogen-bond donors (Lipinski definition) is 2. The van der Waals surface area contributed by atoms with E-state index in [9.17, 15) is 9.59 Å². The van der Waals surface area contributed by atoms with Gasteiger partial charge in [-0.1, -0.05) is 42.0 Å². The average molecular weight is 551 g/mol. The molecule has 0 radical (unpaired) electrons. The molecule has 0 aliphatic carbocycles. The summed E-state index contributed by atoms with van der Waals surface area (Å²) in [7, 11) is 0. The number of thioether (sulfide) groups is 1. The summed E-state index contributed by atoms with van der Waals surface area (Å²) in [5, 5.41) is 6.86. The van der Waals surface area contributed by atoms with Crippen LogP contribution in [-0.4, -0.2) is 102 Å². The van der Waals surface area contributed by atoms with Gasteiger partial charge in [0.2, 0.25) is 5.91 Å². The molecule has 0 unspecified atom stereocenters. The minimum absolute atomic E-state index is 0. The molecule has 1 aromatic heterocycles. The molecular formula is C28H50N6O3S. The number of hydrogen-bond acceptors (Lipinski definition) is 8. The minimum Gasteiger partial charge on any atom is -0.378 e. The Labute approximate surface area is 234 Å². The standard InChI is InChI=1S/C27H46N6O3S.CH4/c1-19(2)18-33(21-14-20(15-28-16-21)24(34)32-9-11-36-12-10-32)25(35)22-17-30-26(27(3,4)5)31-23(22)29-8-7-13-37-6;/h17,19-21,28H,7-16,18H2,1-6H3,(H,29,30,31);1H4/t20-,21+;/m1./s1. The van der Waals surface area contributed by atoms with Gasteiger partial charge in [-0.2, -0.15) is 11.8 Å². The molecule has 3 rings (SSSR count). The molecule has 2 aliphatic heterocycles. The third-order valence-electron chi connectivity index (χ3n) is 6.77. The normalized spacial score (nSPS) is 20.1. The van der Waals surface area contributed by atoms with Crippen LogP contribution >= 0.6 is 11.8 Å². The largest absolute Gasteiger partial charge is 0.378 e. The lowest BCUT2D eigenvalue weighted by atomic mass is 9.92. The minimum atomic E-state index is -0.227. The van der Waals surface area contributed by atoms with Crippen LogP contribution in [0.2, 0.25) is 0 Å². The number of ether oxygens (including phenoxy) is 1. The van der Waals surface area contributed by atoms with Gasteiger partial charge in [-0.05, 0) is 30.8 Å². The van der Waals surface area contributed by atoms with Gasteiger partial charge in [0.15, 0.2) is 0 Å². The van der Waals surface area contributed by atoms with Gasteiger partial charge < -0.3 is 25.2 Å². The van der Waals surface area contributed by atoms with Crippen LogP contribution in [0.15, 0.2) is 6.20 Å². The molecule has 1 aromatic rings. The van der Waals surface area contributed by atoms with Crippen LogP contribution in [0.1, 0.15) is 71.1 Å². The molecule has 2 atom stereocenters. The number of nitrogens with one attached hydrogen (secondary N) is 2. The van der Waals surface area contributed by atoms with E-state index in [1.807, 2.05) is 9.80 Å². The molecule has 0 saturated carbocycles. The van der Waals surface area contributed by atoms with E-state index >= 15 is 0 Å². The summed E-state index contributed by atoms with van der Waals surface area (Å²) in [6.07, 6.45) is 5.42. The van der Waals surface area contributed by atoms with Crippen LogP contribution in [0.25, 0.3) is 0 Å². The zero-order chi connectivity index (χ0) is 27.0. The van der Waals surface area contributed by atoms with Crippen LogP contribution in [0.5, 0.6) is 0 Å². The molecule has 38 heavy (non-hydrogen) atoms. The third-order valence-corrected chi connectivity index (χ3v) is 7.47. The first-order valence-corrected chi connectivity index (χ1v) is 15.0. The average Bonchev–Trinajstić information content (AvgIpc) is 2.89. The maximum absolute atomic E-state index is 14.1. The quantitative estimate of drug-likeness (QED) is 0.427. The Morgan fingerprint density at radius 1 is 1.26 bits per heavy atom. The van der Waals surface area contributed by atoms with Crippen molar-refractivity contribution in [2.45, 2.75) is 66.3 Å². The number of carbonyl (C=O) groups is 2. The Bertz CT molecular complexity index is 901. The Balaban J connectivity index is 0.00000507. The van der Waals surface area contributed by atoms with E-state index in [1.54, 1.807) is 18.0 Å². The van der Waals surface area contributed by atoms with E-state index in [4.69, 9.17) is 9.72 Å². The molecule has 9 nitrogen and oxygen atoms in total. The zero-order valence-corrected chi connectivity index (χ0v) is 24.3. The van der Waals surface area contributed by atoms with Crippen molar-refractivity contribution in [2.75, 3.05) is 69.8 Å². The van der Waals surface area contributed by atoms with Gasteiger partial charge in [0.1, 0.15) is 17.2 Å². The first-order valence-electron chi connectivity index (χ1n) is 13.6. The van der Waals surface area contributed by atoms with Gasteiger partial charge in [-0.15, -0.1) is 0 Å². The van der Waals surface area contributed by atoms with Gasteiger partial charge >= 0.3 is 0 Å². The van der Waals surface area contributed by atoms with E-state index in [-0.39, 0.29) is 42.5 Å². The van der Waals surface area contributed by atoms with E-state index in [0.29, 0.717) is 69.6 Å². The molecule has 0 spiro atoms. The molecule has 2 amide bonds. The molecule has 216 valence electrons. The highest BCUT2D eigenvalue weighted by molar-refractivity contribution is 7.98. The lowest BCUT2D eigenvalue weighted by molar-refractivity contribution is -0.140. The fourth-order valence-electron chi connectivity index (χ4n) is 4.79. The van der Waals surface area contributed by atoms with Gasteiger partial charge in [0, 0.05) is 56.9 Å². The predicted octanol–water partition coefficient (Wildman–Crippen LogP) is 3.51. The number of anilines is 1. The smallest absolute Gasteiger partial charge is 0.259 e. The highest BCUT2D eigenvalue weighted by Crippen LogP contribution is 2.26. The molecule has 10 heteroatoms. The SMILES string of the molecule is C.CSCCCNc1nc(C(C)(C)C)ncc1C(=O)N(CC(C)C)[C@@H]1CNC[C@H](C(=O)N2CCOCC2)C1. The molecule has 0 bridgehead atoms. The second-order valence-corrected chi connectivity index (χ2v) is 12.5. The van der Waals surface area contributed by atoms with Crippen LogP contribution in [-0.2, 0) is 14.9 Å². The molecule has 3 heterocycles. The van der Waals surface area contributed by atoms with E-state index in [1.165, 1.54) is 0 Å². The molecule has 2 saturated heterocycles. The zero-order valence-electron chi connectivity index (χ0n) is 23.5. The first-order chi connectivity index (χ1) is 17.6. The van der Waals surface area contributed by atoms with Crippen molar-refractivity contribution in [3.63, 3.8) is 0 Å². The summed E-state index contributed by atoms with van der Waals surface area (Å²) < 4.78 is 5.42. The highest BCUT2D eigenvalue weighted by atomic mass is 32.2. The Kier molecular flexibility index (Phi) is 12.8. The summed E-state index contributed by atoms with van der Waals surface area (Å²) in [6, 6.07) is -0.0784. The molecule has 2 N–H and O–H groups in total. The Morgan fingerprint density at radius 3 is 2.61 bits per heavy atom. The Morgan fingerprint density at radius 2 is 1.97 bits per heavy atom. The lowest BCUT2D eigenvalue weighted by Gasteiger charge is -2.40. The van der Waals surface area contributed by atoms with Gasteiger partial charge in [0.05, 0.1) is 19.1 Å². The number of aromatic nitrogens is 2. The summed E-state index contributed by atoms with van der Waals surface area (Å²) in [5.74, 6) is 2.57. The molecule has 0 aromatic carbocycles. The van der Waals surface area contributed by atoms with Crippen LogP contribution in [0.3, 0.4) is 0 Å². The number of carbonyl (C=O) groups excluding carboxylic acids is 2. The monoisotopic (exact) mass is 550 g/mol.